The lowest BCUT2D eigenvalue weighted by Crippen LogP contribution is -2.45. The maximum Gasteiger partial charge on any atom is 0.285 e. The van der Waals surface area contributed by atoms with Crippen LogP contribution in [0.1, 0.15) is 50.7 Å². The van der Waals surface area contributed by atoms with E-state index in [4.69, 9.17) is 14.3 Å². The number of tetrazole rings is 1. The van der Waals surface area contributed by atoms with E-state index in [0.717, 1.165) is 18.4 Å². The lowest BCUT2D eigenvalue weighted by molar-refractivity contribution is -0.218. The molecule has 0 bridgehead atoms. The van der Waals surface area contributed by atoms with Crippen molar-refractivity contribution in [2.75, 3.05) is 18.5 Å². The molecule has 186 valence electrons. The van der Waals surface area contributed by atoms with Crippen molar-refractivity contribution in [2.24, 2.45) is 12.2 Å². The van der Waals surface area contributed by atoms with Gasteiger partial charge in [-0.15, -0.1) is 5.10 Å². The summed E-state index contributed by atoms with van der Waals surface area (Å²) in [6.45, 7) is 6.42. The molecule has 0 unspecified atom stereocenters. The monoisotopic (exact) mass is 481 g/mol. The Morgan fingerprint density at radius 1 is 1.06 bits per heavy atom. The number of carbonyl (C=O) groups excluding carboxylic acids is 1. The molecule has 1 N–H and O–H groups in total. The standard InChI is InChI=1S/C24H31N7O4/c1-5-15-33-24(3,34-16-6-2)23(32)26-20-14-10-13-19(25-20)17-35-28-21(18-11-8-7-9-12-18)22-27-29-30-31(22)4/h7-14H,5-6,15-17H2,1-4H3,(H,25,26,32)/b28-21-. The van der Waals surface area contributed by atoms with E-state index in [9.17, 15) is 4.79 Å². The van der Waals surface area contributed by atoms with Gasteiger partial charge in [0.05, 0.1) is 18.9 Å². The fourth-order valence-electron chi connectivity index (χ4n) is 3.04. The number of hydrogen-bond acceptors (Lipinski definition) is 9. The molecule has 3 rings (SSSR count). The minimum Gasteiger partial charge on any atom is -0.389 e. The zero-order chi connectivity index (χ0) is 25.1. The Morgan fingerprint density at radius 3 is 2.40 bits per heavy atom. The first-order valence-corrected chi connectivity index (χ1v) is 11.5. The van der Waals surface area contributed by atoms with E-state index in [1.54, 1.807) is 32.2 Å². The molecule has 0 radical (unpaired) electrons. The smallest absolute Gasteiger partial charge is 0.285 e. The molecular formula is C24H31N7O4. The lowest BCUT2D eigenvalue weighted by Gasteiger charge is -2.28. The molecule has 0 saturated carbocycles. The number of oxime groups is 1. The van der Waals surface area contributed by atoms with Crippen molar-refractivity contribution < 1.29 is 19.1 Å². The Kier molecular flexibility index (Phi) is 9.39. The molecule has 0 fully saturated rings. The number of anilines is 1. The minimum atomic E-state index is -1.40. The van der Waals surface area contributed by atoms with Gasteiger partial charge < -0.3 is 19.6 Å². The second kappa shape index (κ2) is 12.7. The van der Waals surface area contributed by atoms with Gasteiger partial charge in [0.25, 0.3) is 5.91 Å². The first-order valence-electron chi connectivity index (χ1n) is 11.5. The first-order chi connectivity index (χ1) is 17.0. The Morgan fingerprint density at radius 2 is 1.77 bits per heavy atom. The summed E-state index contributed by atoms with van der Waals surface area (Å²) < 4.78 is 12.9. The third-order valence-electron chi connectivity index (χ3n) is 4.87. The molecule has 1 amide bonds. The van der Waals surface area contributed by atoms with Crippen molar-refractivity contribution >= 4 is 17.4 Å². The maximum absolute atomic E-state index is 12.9. The minimum absolute atomic E-state index is 0.0707. The molecule has 0 atom stereocenters. The van der Waals surface area contributed by atoms with Crippen molar-refractivity contribution in [1.82, 2.24) is 25.2 Å². The average Bonchev–Trinajstić information content (AvgIpc) is 3.30. The zero-order valence-corrected chi connectivity index (χ0v) is 20.5. The Bertz CT molecular complexity index is 1110. The predicted molar refractivity (Wildman–Crippen MR) is 129 cm³/mol. The maximum atomic E-state index is 12.9. The number of nitrogens with zero attached hydrogens (tertiary/aromatic N) is 6. The van der Waals surface area contributed by atoms with Crippen LogP contribution in [-0.2, 0) is 32.8 Å². The van der Waals surface area contributed by atoms with Gasteiger partial charge in [0, 0.05) is 12.6 Å². The summed E-state index contributed by atoms with van der Waals surface area (Å²) in [5.41, 5.74) is 1.86. The highest BCUT2D eigenvalue weighted by atomic mass is 16.7. The van der Waals surface area contributed by atoms with Crippen LogP contribution in [0.3, 0.4) is 0 Å². The van der Waals surface area contributed by atoms with E-state index in [-0.39, 0.29) is 6.61 Å². The number of benzene rings is 1. The van der Waals surface area contributed by atoms with Crippen molar-refractivity contribution in [1.29, 1.82) is 0 Å². The fraction of sp³-hybridized carbons (Fsp3) is 0.417. The molecule has 35 heavy (non-hydrogen) atoms. The van der Waals surface area contributed by atoms with Crippen LogP contribution >= 0.6 is 0 Å². The van der Waals surface area contributed by atoms with Crippen molar-refractivity contribution in [3.05, 3.63) is 65.6 Å². The van der Waals surface area contributed by atoms with Crippen molar-refractivity contribution in [3.63, 3.8) is 0 Å². The third kappa shape index (κ3) is 7.14. The second-order valence-electron chi connectivity index (χ2n) is 7.82. The van der Waals surface area contributed by atoms with Gasteiger partial charge in [-0.25, -0.2) is 9.67 Å². The first kappa shape index (κ1) is 25.9. The highest BCUT2D eigenvalue weighted by Crippen LogP contribution is 2.17. The number of amides is 1. The number of aryl methyl sites for hydroxylation is 1. The molecule has 11 nitrogen and oxygen atoms in total. The van der Waals surface area contributed by atoms with Gasteiger partial charge in [-0.2, -0.15) is 0 Å². The molecule has 0 aliphatic carbocycles. The van der Waals surface area contributed by atoms with Crippen LogP contribution in [0.5, 0.6) is 0 Å². The topological polar surface area (TPSA) is 126 Å². The van der Waals surface area contributed by atoms with Gasteiger partial charge in [-0.3, -0.25) is 4.79 Å². The van der Waals surface area contributed by atoms with Crippen LogP contribution in [-0.4, -0.2) is 55.8 Å². The second-order valence-corrected chi connectivity index (χ2v) is 7.82. The summed E-state index contributed by atoms with van der Waals surface area (Å²) in [4.78, 5) is 23.0. The molecule has 0 aliphatic heterocycles. The van der Waals surface area contributed by atoms with E-state index in [2.05, 4.69) is 31.0 Å². The zero-order valence-electron chi connectivity index (χ0n) is 20.5. The predicted octanol–water partition coefficient (Wildman–Crippen LogP) is 3.08. The van der Waals surface area contributed by atoms with E-state index in [1.807, 2.05) is 44.2 Å². The van der Waals surface area contributed by atoms with Gasteiger partial charge in [0.15, 0.2) is 12.3 Å². The summed E-state index contributed by atoms with van der Waals surface area (Å²) in [7, 11) is 1.73. The van der Waals surface area contributed by atoms with Gasteiger partial charge >= 0.3 is 0 Å². The number of nitrogens with one attached hydrogen (secondary N) is 1. The Balaban J connectivity index is 1.71. The summed E-state index contributed by atoms with van der Waals surface area (Å²) in [5.74, 6) is -1.01. The summed E-state index contributed by atoms with van der Waals surface area (Å²) in [6.07, 6.45) is 1.53. The molecule has 1 aromatic carbocycles. The summed E-state index contributed by atoms with van der Waals surface area (Å²) in [5, 5.41) is 18.6. The van der Waals surface area contributed by atoms with Crippen LogP contribution < -0.4 is 5.32 Å². The van der Waals surface area contributed by atoms with Crippen LogP contribution in [0.25, 0.3) is 0 Å². The number of rotatable bonds is 13. The van der Waals surface area contributed by atoms with E-state index < -0.39 is 11.7 Å². The van der Waals surface area contributed by atoms with E-state index in [0.29, 0.717) is 36.3 Å². The average molecular weight is 482 g/mol. The van der Waals surface area contributed by atoms with Gasteiger partial charge in [0.2, 0.25) is 11.6 Å². The highest BCUT2D eigenvalue weighted by Gasteiger charge is 2.35. The van der Waals surface area contributed by atoms with Gasteiger partial charge in [0.1, 0.15) is 5.82 Å². The van der Waals surface area contributed by atoms with Crippen LogP contribution in [0.15, 0.2) is 53.7 Å². The highest BCUT2D eigenvalue weighted by molar-refractivity contribution is 6.10. The molecule has 0 aliphatic rings. The van der Waals surface area contributed by atoms with Crippen LogP contribution in [0, 0.1) is 0 Å². The van der Waals surface area contributed by atoms with Crippen LogP contribution in [0.2, 0.25) is 0 Å². The van der Waals surface area contributed by atoms with Gasteiger partial charge in [-0.1, -0.05) is 55.4 Å². The Labute approximate surface area is 204 Å². The number of ether oxygens (including phenoxy) is 2. The molecule has 11 heteroatoms. The lowest BCUT2D eigenvalue weighted by atomic mass is 10.1. The van der Waals surface area contributed by atoms with E-state index >= 15 is 0 Å². The number of carbonyl (C=O) groups is 1. The normalized spacial score (nSPS) is 11.9. The number of pyridine rings is 1. The molecule has 3 aromatic rings. The molecular weight excluding hydrogens is 450 g/mol. The number of hydrogen-bond donors (Lipinski definition) is 1. The fourth-order valence-corrected chi connectivity index (χ4v) is 3.04. The molecule has 0 spiro atoms. The number of aromatic nitrogens is 5. The third-order valence-corrected chi connectivity index (χ3v) is 4.87. The van der Waals surface area contributed by atoms with Crippen LogP contribution in [0.4, 0.5) is 5.82 Å². The Hall–Kier alpha value is -3.70. The van der Waals surface area contributed by atoms with Crippen molar-refractivity contribution in [3.8, 4) is 0 Å². The van der Waals surface area contributed by atoms with E-state index in [1.165, 1.54) is 4.68 Å². The summed E-state index contributed by atoms with van der Waals surface area (Å²) >= 11 is 0. The van der Waals surface area contributed by atoms with Crippen molar-refractivity contribution in [2.45, 2.75) is 46.0 Å². The largest absolute Gasteiger partial charge is 0.389 e. The summed E-state index contributed by atoms with van der Waals surface area (Å²) in [6, 6.07) is 14.7. The molecule has 0 saturated heterocycles. The molecule has 2 heterocycles. The van der Waals surface area contributed by atoms with Gasteiger partial charge in [-0.05, 0) is 42.3 Å². The molecule has 2 aromatic heterocycles. The SMILES string of the molecule is CCCOC(C)(OCCC)C(=O)Nc1cccc(CO/N=C(/c2ccccc2)c2nnnn2C)n1. The quantitative estimate of drug-likeness (QED) is 0.224.